The Morgan fingerprint density at radius 1 is 1.18 bits per heavy atom. The number of aromatic nitrogens is 4. The molecule has 3 N–H and O–H groups in total. The maximum Gasteiger partial charge on any atom is 0.246 e. The fourth-order valence-electron chi connectivity index (χ4n) is 4.97. The number of hydrogen-bond acceptors (Lipinski definition) is 7. The van der Waals surface area contributed by atoms with Crippen molar-refractivity contribution in [1.82, 2.24) is 29.4 Å². The lowest BCUT2D eigenvalue weighted by atomic mass is 10.1. The second kappa shape index (κ2) is 10.6. The van der Waals surface area contributed by atoms with Gasteiger partial charge in [-0.2, -0.15) is 5.10 Å². The predicted molar refractivity (Wildman–Crippen MR) is 150 cm³/mol. The Labute approximate surface area is 227 Å². The Morgan fingerprint density at radius 3 is 2.69 bits per heavy atom. The molecule has 2 aromatic heterocycles. The first-order valence-corrected chi connectivity index (χ1v) is 14.2. The molecule has 1 amide bonds. The van der Waals surface area contributed by atoms with E-state index in [4.69, 9.17) is 10.8 Å². The molecule has 3 heterocycles. The number of carbonyl (C=O) groups excluding carboxylic acids is 1. The number of piperidine rings is 1. The first-order chi connectivity index (χ1) is 18.7. The van der Waals surface area contributed by atoms with Crippen LogP contribution in [0.15, 0.2) is 66.3 Å². The molecule has 0 aliphatic carbocycles. The SMILES string of the molecule is C=CC(=O)N1CCCC(n2nc(-c3ccc(CNS(=O)(=O)c4cc(C)ccc4C)cc3)c3c(N)ncnc32)C1. The number of fused-ring (bicyclic) bond motifs is 1. The number of carbonyl (C=O) groups is 1. The molecule has 2 aromatic carbocycles. The monoisotopic (exact) mass is 545 g/mol. The lowest BCUT2D eigenvalue weighted by molar-refractivity contribution is -0.127. The average molecular weight is 546 g/mol. The third kappa shape index (κ3) is 5.27. The van der Waals surface area contributed by atoms with Gasteiger partial charge in [0.15, 0.2) is 5.65 Å². The lowest BCUT2D eigenvalue weighted by Crippen LogP contribution is -2.40. The summed E-state index contributed by atoms with van der Waals surface area (Å²) in [4.78, 5) is 23.0. The highest BCUT2D eigenvalue weighted by Crippen LogP contribution is 2.34. The zero-order chi connectivity index (χ0) is 27.7. The maximum absolute atomic E-state index is 12.9. The molecule has 1 saturated heterocycles. The molecule has 1 aliphatic heterocycles. The second-order valence-electron chi connectivity index (χ2n) is 9.83. The van der Waals surface area contributed by atoms with Gasteiger partial charge in [0.1, 0.15) is 17.8 Å². The normalized spacial score (nSPS) is 15.9. The number of likely N-dealkylation sites (tertiary alicyclic amines) is 1. The van der Waals surface area contributed by atoms with E-state index < -0.39 is 10.0 Å². The number of rotatable bonds is 7. The number of nitrogen functional groups attached to an aromatic ring is 1. The van der Waals surface area contributed by atoms with Crippen LogP contribution in [-0.4, -0.2) is 52.1 Å². The Kier molecular flexibility index (Phi) is 7.19. The van der Waals surface area contributed by atoms with Crippen LogP contribution in [0.25, 0.3) is 22.3 Å². The molecule has 0 bridgehead atoms. The largest absolute Gasteiger partial charge is 0.383 e. The average Bonchev–Trinajstić information content (AvgIpc) is 3.34. The highest BCUT2D eigenvalue weighted by molar-refractivity contribution is 7.89. The Balaban J connectivity index is 1.41. The Bertz CT molecular complexity index is 1660. The number of sulfonamides is 1. The van der Waals surface area contributed by atoms with Gasteiger partial charge < -0.3 is 10.6 Å². The summed E-state index contributed by atoms with van der Waals surface area (Å²) in [6, 6.07) is 12.8. The third-order valence-electron chi connectivity index (χ3n) is 7.07. The molecule has 4 aromatic rings. The molecule has 0 spiro atoms. The fraction of sp³-hybridized carbons (Fsp3) is 0.286. The van der Waals surface area contributed by atoms with Crippen molar-refractivity contribution >= 4 is 32.8 Å². The number of nitrogens with two attached hydrogens (primary N) is 1. The molecule has 0 radical (unpaired) electrons. The van der Waals surface area contributed by atoms with Crippen molar-refractivity contribution < 1.29 is 13.2 Å². The van der Waals surface area contributed by atoms with Gasteiger partial charge in [0, 0.05) is 25.2 Å². The van der Waals surface area contributed by atoms with E-state index in [1.54, 1.807) is 24.0 Å². The second-order valence-corrected chi connectivity index (χ2v) is 11.6. The number of nitrogens with zero attached hydrogens (tertiary/aromatic N) is 5. The van der Waals surface area contributed by atoms with E-state index in [2.05, 4.69) is 21.3 Å². The van der Waals surface area contributed by atoms with E-state index >= 15 is 0 Å². The van der Waals surface area contributed by atoms with Crippen molar-refractivity contribution in [3.05, 3.63) is 78.1 Å². The summed E-state index contributed by atoms with van der Waals surface area (Å²) in [7, 11) is -3.66. The molecule has 1 unspecified atom stereocenters. The van der Waals surface area contributed by atoms with Crippen molar-refractivity contribution in [2.75, 3.05) is 18.8 Å². The van der Waals surface area contributed by atoms with Gasteiger partial charge in [0.25, 0.3) is 0 Å². The summed E-state index contributed by atoms with van der Waals surface area (Å²) >= 11 is 0. The molecule has 5 rings (SSSR count). The Morgan fingerprint density at radius 2 is 1.95 bits per heavy atom. The van der Waals surface area contributed by atoms with Gasteiger partial charge in [-0.05, 0) is 55.5 Å². The molecule has 39 heavy (non-hydrogen) atoms. The molecule has 1 fully saturated rings. The van der Waals surface area contributed by atoms with Crippen molar-refractivity contribution in [2.45, 2.75) is 44.2 Å². The first-order valence-electron chi connectivity index (χ1n) is 12.7. The van der Waals surface area contributed by atoms with Crippen molar-refractivity contribution in [3.8, 4) is 11.3 Å². The summed E-state index contributed by atoms with van der Waals surface area (Å²) in [6.07, 6.45) is 4.44. The van der Waals surface area contributed by atoms with E-state index in [1.807, 2.05) is 41.9 Å². The van der Waals surface area contributed by atoms with Crippen LogP contribution in [0.5, 0.6) is 0 Å². The summed E-state index contributed by atoms with van der Waals surface area (Å²) in [5, 5.41) is 5.54. The van der Waals surface area contributed by atoms with E-state index in [0.717, 1.165) is 29.5 Å². The number of benzene rings is 2. The molecule has 10 nitrogen and oxygen atoms in total. The molecule has 0 saturated carbocycles. The van der Waals surface area contributed by atoms with Crippen LogP contribution < -0.4 is 10.5 Å². The Hall–Kier alpha value is -4.09. The minimum atomic E-state index is -3.66. The van der Waals surface area contributed by atoms with E-state index in [0.29, 0.717) is 41.2 Å². The predicted octanol–water partition coefficient (Wildman–Crippen LogP) is 3.52. The van der Waals surface area contributed by atoms with Crippen LogP contribution in [0.3, 0.4) is 0 Å². The molecule has 1 aliphatic rings. The topological polar surface area (TPSA) is 136 Å². The van der Waals surface area contributed by atoms with Crippen molar-refractivity contribution in [1.29, 1.82) is 0 Å². The van der Waals surface area contributed by atoms with Crippen LogP contribution in [0.1, 0.15) is 35.6 Å². The number of nitrogens with one attached hydrogen (secondary N) is 1. The molecule has 202 valence electrons. The van der Waals surface area contributed by atoms with Crippen LogP contribution >= 0.6 is 0 Å². The number of aryl methyl sites for hydroxylation is 2. The fourth-order valence-corrected chi connectivity index (χ4v) is 6.31. The molecule has 11 heteroatoms. The molecular weight excluding hydrogens is 514 g/mol. The smallest absolute Gasteiger partial charge is 0.246 e. The van der Waals surface area contributed by atoms with Crippen LogP contribution in [0.2, 0.25) is 0 Å². The highest BCUT2D eigenvalue weighted by atomic mass is 32.2. The summed E-state index contributed by atoms with van der Waals surface area (Å²) in [5.74, 6) is 0.218. The summed E-state index contributed by atoms with van der Waals surface area (Å²) in [6.45, 7) is 8.58. The minimum Gasteiger partial charge on any atom is -0.383 e. The van der Waals surface area contributed by atoms with Gasteiger partial charge in [-0.15, -0.1) is 0 Å². The van der Waals surface area contributed by atoms with Gasteiger partial charge in [0.2, 0.25) is 15.9 Å². The van der Waals surface area contributed by atoms with Crippen molar-refractivity contribution in [3.63, 3.8) is 0 Å². The number of hydrogen-bond donors (Lipinski definition) is 2. The first kappa shape index (κ1) is 26.5. The van der Waals surface area contributed by atoms with Gasteiger partial charge in [-0.25, -0.2) is 27.8 Å². The quantitative estimate of drug-likeness (QED) is 0.339. The number of anilines is 1. The third-order valence-corrected chi connectivity index (χ3v) is 8.62. The summed E-state index contributed by atoms with van der Waals surface area (Å²) < 4.78 is 30.4. The standard InChI is InChI=1S/C28H31N7O3S/c1-4-24(36)34-13-5-6-22(16-34)35-28-25(27(29)30-17-31-28)26(33-35)21-11-9-20(10-12-21)15-32-39(37,38)23-14-18(2)7-8-19(23)3/h4,7-12,14,17,22,32H,1,5-6,13,15-16H2,2-3H3,(H2,29,30,31). The summed E-state index contributed by atoms with van der Waals surface area (Å²) in [5.41, 5.74) is 10.7. The van der Waals surface area contributed by atoms with E-state index in [-0.39, 0.29) is 23.4 Å². The zero-order valence-electron chi connectivity index (χ0n) is 22.0. The maximum atomic E-state index is 12.9. The molecular formula is C28H31N7O3S. The van der Waals surface area contributed by atoms with Gasteiger partial charge >= 0.3 is 0 Å². The van der Waals surface area contributed by atoms with Gasteiger partial charge in [-0.3, -0.25) is 4.79 Å². The van der Waals surface area contributed by atoms with E-state index in [1.165, 1.54) is 12.4 Å². The van der Waals surface area contributed by atoms with Gasteiger partial charge in [0.05, 0.1) is 16.3 Å². The molecule has 1 atom stereocenters. The van der Waals surface area contributed by atoms with E-state index in [9.17, 15) is 13.2 Å². The zero-order valence-corrected chi connectivity index (χ0v) is 22.8. The van der Waals surface area contributed by atoms with Crippen LogP contribution in [0.4, 0.5) is 5.82 Å². The van der Waals surface area contributed by atoms with Crippen molar-refractivity contribution in [2.24, 2.45) is 0 Å². The van der Waals surface area contributed by atoms with Crippen LogP contribution in [-0.2, 0) is 21.4 Å². The highest BCUT2D eigenvalue weighted by Gasteiger charge is 2.28. The number of amides is 1. The van der Waals surface area contributed by atoms with Gasteiger partial charge in [-0.1, -0.05) is 43.0 Å². The van der Waals surface area contributed by atoms with Crippen LogP contribution in [0, 0.1) is 13.8 Å². The lowest BCUT2D eigenvalue weighted by Gasteiger charge is -2.32. The minimum absolute atomic E-state index is 0.0630.